The number of hydrogen-bond donors (Lipinski definition) is 3. The number of amides is 1. The van der Waals surface area contributed by atoms with Crippen LogP contribution in [0.3, 0.4) is 0 Å². The molecule has 4 nitrogen and oxygen atoms in total. The van der Waals surface area contributed by atoms with E-state index in [1.807, 2.05) is 0 Å². The van der Waals surface area contributed by atoms with Crippen LogP contribution in [0.5, 0.6) is 0 Å². The number of thiol groups is 1. The van der Waals surface area contributed by atoms with Crippen LogP contribution in [0.4, 0.5) is 0 Å². The number of nitrogens with one attached hydrogen (secondary N) is 2. The first-order valence-corrected chi connectivity index (χ1v) is 3.99. The van der Waals surface area contributed by atoms with Gasteiger partial charge in [0.05, 0.1) is 11.9 Å². The molecule has 0 aromatic heterocycles. The van der Waals surface area contributed by atoms with Crippen molar-refractivity contribution in [2.24, 2.45) is 4.99 Å². The van der Waals surface area contributed by atoms with Crippen molar-refractivity contribution in [1.29, 1.82) is 0 Å². The minimum atomic E-state index is -0.176. The minimum absolute atomic E-state index is 0.132. The van der Waals surface area contributed by atoms with Gasteiger partial charge in [-0.1, -0.05) is 0 Å². The Bertz CT molecular complexity index is 190. The third kappa shape index (κ3) is 2.42. The Balaban J connectivity index is 2.41. The standard InChI is InChI=1S/C6H11N3OS/c1-4(11)9-6(10)5-7-2-3-8-5/h4,11H,2-3H2,1H3,(H,7,8)(H,9,10). The first-order chi connectivity index (χ1) is 5.20. The molecule has 0 saturated carbocycles. The van der Waals surface area contributed by atoms with E-state index in [0.717, 1.165) is 6.54 Å². The molecule has 0 aliphatic carbocycles. The number of hydrogen-bond acceptors (Lipinski definition) is 4. The highest BCUT2D eigenvalue weighted by Crippen LogP contribution is 1.89. The van der Waals surface area contributed by atoms with E-state index in [1.54, 1.807) is 6.92 Å². The molecule has 5 heteroatoms. The lowest BCUT2D eigenvalue weighted by Gasteiger charge is -2.06. The first-order valence-electron chi connectivity index (χ1n) is 3.47. The predicted molar refractivity (Wildman–Crippen MR) is 46.9 cm³/mol. The molecule has 1 amide bonds. The first kappa shape index (κ1) is 8.39. The van der Waals surface area contributed by atoms with Gasteiger partial charge in [0.1, 0.15) is 0 Å². The molecule has 0 fully saturated rings. The van der Waals surface area contributed by atoms with Gasteiger partial charge in [0, 0.05) is 6.54 Å². The predicted octanol–water partition coefficient (Wildman–Crippen LogP) is -0.620. The van der Waals surface area contributed by atoms with Gasteiger partial charge in [0.25, 0.3) is 5.91 Å². The maximum Gasteiger partial charge on any atom is 0.287 e. The molecule has 1 rings (SSSR count). The maximum absolute atomic E-state index is 11.1. The Labute approximate surface area is 70.9 Å². The Morgan fingerprint density at radius 2 is 2.64 bits per heavy atom. The third-order valence-corrected chi connectivity index (χ3v) is 1.36. The molecule has 0 saturated heterocycles. The molecule has 11 heavy (non-hydrogen) atoms. The van der Waals surface area contributed by atoms with E-state index in [0.29, 0.717) is 12.4 Å². The number of rotatable bonds is 2. The summed E-state index contributed by atoms with van der Waals surface area (Å²) in [6.45, 7) is 3.23. The van der Waals surface area contributed by atoms with Gasteiger partial charge in [-0.15, -0.1) is 0 Å². The second-order valence-corrected chi connectivity index (χ2v) is 3.08. The number of aliphatic imine (C=N–C) groups is 1. The highest BCUT2D eigenvalue weighted by molar-refractivity contribution is 7.80. The van der Waals surface area contributed by atoms with Crippen LogP contribution in [0.2, 0.25) is 0 Å². The number of carbonyl (C=O) groups excluding carboxylic acids is 1. The van der Waals surface area contributed by atoms with Gasteiger partial charge in [-0.3, -0.25) is 9.79 Å². The second-order valence-electron chi connectivity index (χ2n) is 2.31. The van der Waals surface area contributed by atoms with Crippen LogP contribution in [0.25, 0.3) is 0 Å². The van der Waals surface area contributed by atoms with Crippen LogP contribution >= 0.6 is 12.6 Å². The van der Waals surface area contributed by atoms with E-state index in [-0.39, 0.29) is 11.3 Å². The van der Waals surface area contributed by atoms with Crippen LogP contribution in [0.15, 0.2) is 4.99 Å². The SMILES string of the molecule is CC(S)NC(=O)C1=NCCN1. The zero-order chi connectivity index (χ0) is 8.27. The average Bonchev–Trinajstić information content (AvgIpc) is 2.35. The summed E-state index contributed by atoms with van der Waals surface area (Å²) in [5, 5.41) is 5.35. The zero-order valence-electron chi connectivity index (χ0n) is 6.29. The van der Waals surface area contributed by atoms with E-state index in [4.69, 9.17) is 0 Å². The molecule has 0 bridgehead atoms. The van der Waals surface area contributed by atoms with Gasteiger partial charge in [-0.2, -0.15) is 12.6 Å². The number of nitrogens with zero attached hydrogens (tertiary/aromatic N) is 1. The van der Waals surface area contributed by atoms with Crippen molar-refractivity contribution in [2.75, 3.05) is 13.1 Å². The number of carbonyl (C=O) groups is 1. The molecular formula is C6H11N3OS. The summed E-state index contributed by atoms with van der Waals surface area (Å²) >= 11 is 4.02. The number of amidine groups is 1. The molecule has 62 valence electrons. The topological polar surface area (TPSA) is 53.5 Å². The summed E-state index contributed by atoms with van der Waals surface area (Å²) in [5.74, 6) is 0.246. The molecular weight excluding hydrogens is 162 g/mol. The van der Waals surface area contributed by atoms with Gasteiger partial charge in [0.2, 0.25) is 0 Å². The van der Waals surface area contributed by atoms with Gasteiger partial charge >= 0.3 is 0 Å². The van der Waals surface area contributed by atoms with Crippen molar-refractivity contribution in [1.82, 2.24) is 10.6 Å². The third-order valence-electron chi connectivity index (χ3n) is 1.23. The highest BCUT2D eigenvalue weighted by Gasteiger charge is 2.14. The lowest BCUT2D eigenvalue weighted by molar-refractivity contribution is -0.115. The van der Waals surface area contributed by atoms with Crippen molar-refractivity contribution < 1.29 is 4.79 Å². The Morgan fingerprint density at radius 1 is 1.91 bits per heavy atom. The van der Waals surface area contributed by atoms with E-state index in [9.17, 15) is 4.79 Å². The smallest absolute Gasteiger partial charge is 0.287 e. The van der Waals surface area contributed by atoms with Crippen molar-refractivity contribution >= 4 is 24.4 Å². The molecule has 0 spiro atoms. The normalized spacial score (nSPS) is 18.5. The molecule has 1 unspecified atom stereocenters. The van der Waals surface area contributed by atoms with Gasteiger partial charge in [-0.25, -0.2) is 0 Å². The molecule has 0 aromatic carbocycles. The van der Waals surface area contributed by atoms with Crippen LogP contribution in [0.1, 0.15) is 6.92 Å². The van der Waals surface area contributed by atoms with Gasteiger partial charge < -0.3 is 10.6 Å². The van der Waals surface area contributed by atoms with E-state index >= 15 is 0 Å². The Kier molecular flexibility index (Phi) is 2.76. The fraction of sp³-hybridized carbons (Fsp3) is 0.667. The summed E-state index contributed by atoms with van der Waals surface area (Å²) < 4.78 is 0. The van der Waals surface area contributed by atoms with Crippen LogP contribution in [0, 0.1) is 0 Å². The fourth-order valence-electron chi connectivity index (χ4n) is 0.808. The molecule has 0 radical (unpaired) electrons. The minimum Gasteiger partial charge on any atom is -0.364 e. The van der Waals surface area contributed by atoms with Gasteiger partial charge in [-0.05, 0) is 6.92 Å². The second kappa shape index (κ2) is 3.61. The molecule has 1 heterocycles. The van der Waals surface area contributed by atoms with E-state index in [2.05, 4.69) is 28.3 Å². The largest absolute Gasteiger partial charge is 0.364 e. The lowest BCUT2D eigenvalue weighted by Crippen LogP contribution is -2.40. The zero-order valence-corrected chi connectivity index (χ0v) is 7.19. The van der Waals surface area contributed by atoms with E-state index < -0.39 is 0 Å². The molecule has 0 aromatic rings. The van der Waals surface area contributed by atoms with E-state index in [1.165, 1.54) is 0 Å². The fourth-order valence-corrected chi connectivity index (χ4v) is 0.925. The quantitative estimate of drug-likeness (QED) is 0.385. The summed E-state index contributed by atoms with van der Waals surface area (Å²) in [4.78, 5) is 15.1. The van der Waals surface area contributed by atoms with Crippen molar-refractivity contribution in [3.05, 3.63) is 0 Å². The Hall–Kier alpha value is -0.710. The monoisotopic (exact) mass is 173 g/mol. The van der Waals surface area contributed by atoms with Crippen molar-refractivity contribution in [2.45, 2.75) is 12.3 Å². The molecule has 1 aliphatic heterocycles. The maximum atomic E-state index is 11.1. The van der Waals surface area contributed by atoms with Crippen molar-refractivity contribution in [3.8, 4) is 0 Å². The summed E-state index contributed by atoms with van der Waals surface area (Å²) in [6.07, 6.45) is 0. The van der Waals surface area contributed by atoms with Crippen molar-refractivity contribution in [3.63, 3.8) is 0 Å². The lowest BCUT2D eigenvalue weighted by atomic mass is 10.5. The molecule has 1 aliphatic rings. The highest BCUT2D eigenvalue weighted by atomic mass is 32.1. The summed E-state index contributed by atoms with van der Waals surface area (Å²) in [6, 6.07) is 0. The summed E-state index contributed by atoms with van der Waals surface area (Å²) in [7, 11) is 0. The molecule has 2 N–H and O–H groups in total. The van der Waals surface area contributed by atoms with Crippen LogP contribution in [-0.2, 0) is 4.79 Å². The molecule has 1 atom stereocenters. The Morgan fingerprint density at radius 3 is 3.09 bits per heavy atom. The average molecular weight is 173 g/mol. The summed E-state index contributed by atoms with van der Waals surface area (Å²) in [5.41, 5.74) is 0. The van der Waals surface area contributed by atoms with Crippen LogP contribution in [-0.4, -0.2) is 30.2 Å². The van der Waals surface area contributed by atoms with Crippen LogP contribution < -0.4 is 10.6 Å². The van der Waals surface area contributed by atoms with Gasteiger partial charge in [0.15, 0.2) is 5.84 Å².